The Hall–Kier alpha value is -2.15. The van der Waals surface area contributed by atoms with Crippen LogP contribution in [-0.4, -0.2) is 40.3 Å². The van der Waals surface area contributed by atoms with Crippen LogP contribution in [-0.2, 0) is 16.0 Å². The van der Waals surface area contributed by atoms with Crippen LogP contribution in [0.4, 0.5) is 4.79 Å². The molecule has 0 fully saturated rings. The predicted octanol–water partition coefficient (Wildman–Crippen LogP) is 2.81. The minimum Gasteiger partial charge on any atom is -0.465 e. The van der Waals surface area contributed by atoms with Crippen molar-refractivity contribution in [2.24, 2.45) is 0 Å². The van der Waals surface area contributed by atoms with E-state index in [0.29, 0.717) is 19.4 Å². The average molecular weight is 363 g/mol. The van der Waals surface area contributed by atoms with Crippen LogP contribution in [0.25, 0.3) is 0 Å². The third kappa shape index (κ3) is 6.29. The number of amides is 1. The highest BCUT2D eigenvalue weighted by Crippen LogP contribution is 2.27. The molecule has 0 saturated heterocycles. The molecule has 2 rings (SSSR count). The molecule has 144 valence electrons. The van der Waals surface area contributed by atoms with Crippen LogP contribution < -0.4 is 10.6 Å². The number of fused-ring (bicyclic) bond motifs is 1. The van der Waals surface area contributed by atoms with Crippen LogP contribution in [0.3, 0.4) is 0 Å². The normalized spacial score (nSPS) is 17.9. The Kier molecular flexibility index (Phi) is 6.97. The number of aryl methyl sites for hydroxylation is 1. The van der Waals surface area contributed by atoms with Gasteiger partial charge in [0.15, 0.2) is 0 Å². The Bertz CT molecular complexity index is 627. The van der Waals surface area contributed by atoms with Crippen LogP contribution in [0, 0.1) is 0 Å². The van der Waals surface area contributed by atoms with Crippen LogP contribution >= 0.6 is 0 Å². The monoisotopic (exact) mass is 363 g/mol. The number of carboxylic acid groups (broad SMARTS) is 1. The van der Waals surface area contributed by atoms with Crippen LogP contribution in [0.2, 0.25) is 0 Å². The largest absolute Gasteiger partial charge is 0.465 e. The lowest BCUT2D eigenvalue weighted by Gasteiger charge is -2.26. The number of esters is 1. The second-order valence-electron chi connectivity index (χ2n) is 7.62. The first-order valence-electron chi connectivity index (χ1n) is 9.16. The number of hydrogen-bond donors (Lipinski definition) is 3. The Labute approximate surface area is 154 Å². The maximum Gasteiger partial charge on any atom is 0.405 e. The highest BCUT2D eigenvalue weighted by Gasteiger charge is 2.26. The summed E-state index contributed by atoms with van der Waals surface area (Å²) in [6, 6.07) is 3.44. The SMILES string of the molecule is CC(C)(C)OC(=O)C(CCCNC1CCCc2cccnc21)NC(=O)O. The lowest BCUT2D eigenvalue weighted by atomic mass is 9.92. The van der Waals surface area contributed by atoms with E-state index in [0.717, 1.165) is 25.0 Å². The zero-order valence-corrected chi connectivity index (χ0v) is 15.7. The summed E-state index contributed by atoms with van der Waals surface area (Å²) in [5, 5.41) is 14.7. The van der Waals surface area contributed by atoms with Crippen molar-refractivity contribution in [1.29, 1.82) is 0 Å². The van der Waals surface area contributed by atoms with Gasteiger partial charge in [-0.25, -0.2) is 9.59 Å². The van der Waals surface area contributed by atoms with Crippen molar-refractivity contribution < 1.29 is 19.4 Å². The number of nitrogens with one attached hydrogen (secondary N) is 2. The minimum absolute atomic E-state index is 0.215. The Morgan fingerprint density at radius 2 is 2.19 bits per heavy atom. The fourth-order valence-corrected chi connectivity index (χ4v) is 3.16. The van der Waals surface area contributed by atoms with Gasteiger partial charge < -0.3 is 20.5 Å². The first-order chi connectivity index (χ1) is 12.3. The summed E-state index contributed by atoms with van der Waals surface area (Å²) in [5.74, 6) is -0.537. The lowest BCUT2D eigenvalue weighted by Crippen LogP contribution is -2.44. The molecule has 1 heterocycles. The van der Waals surface area contributed by atoms with Gasteiger partial charge in [-0.15, -0.1) is 0 Å². The maximum atomic E-state index is 12.2. The van der Waals surface area contributed by atoms with Gasteiger partial charge in [-0.3, -0.25) is 4.98 Å². The fourth-order valence-electron chi connectivity index (χ4n) is 3.16. The van der Waals surface area contributed by atoms with Gasteiger partial charge in [-0.2, -0.15) is 0 Å². The highest BCUT2D eigenvalue weighted by atomic mass is 16.6. The van der Waals surface area contributed by atoms with Gasteiger partial charge in [0.05, 0.1) is 5.69 Å². The molecular weight excluding hydrogens is 334 g/mol. The molecule has 1 aliphatic carbocycles. The van der Waals surface area contributed by atoms with Gasteiger partial charge in [0.2, 0.25) is 0 Å². The third-order valence-corrected chi connectivity index (χ3v) is 4.24. The number of ether oxygens (including phenoxy) is 1. The zero-order valence-electron chi connectivity index (χ0n) is 15.7. The number of rotatable bonds is 7. The molecule has 7 heteroatoms. The van der Waals surface area contributed by atoms with Gasteiger partial charge in [0, 0.05) is 12.2 Å². The lowest BCUT2D eigenvalue weighted by molar-refractivity contribution is -0.157. The molecular formula is C19H29N3O4. The van der Waals surface area contributed by atoms with Crippen molar-refractivity contribution in [3.05, 3.63) is 29.6 Å². The maximum absolute atomic E-state index is 12.2. The number of hydrogen-bond acceptors (Lipinski definition) is 5. The van der Waals surface area contributed by atoms with Crippen molar-refractivity contribution >= 4 is 12.1 Å². The van der Waals surface area contributed by atoms with E-state index in [1.807, 2.05) is 12.3 Å². The summed E-state index contributed by atoms with van der Waals surface area (Å²) in [4.78, 5) is 27.6. The first-order valence-corrected chi connectivity index (χ1v) is 9.16. The molecule has 26 heavy (non-hydrogen) atoms. The third-order valence-electron chi connectivity index (χ3n) is 4.24. The number of carbonyl (C=O) groups excluding carboxylic acids is 1. The molecule has 2 atom stereocenters. The summed E-state index contributed by atoms with van der Waals surface area (Å²) in [6.45, 7) is 5.97. The fraction of sp³-hybridized carbons (Fsp3) is 0.632. The van der Waals surface area contributed by atoms with Crippen LogP contribution in [0.1, 0.15) is 63.8 Å². The van der Waals surface area contributed by atoms with E-state index in [-0.39, 0.29) is 6.04 Å². The second-order valence-corrected chi connectivity index (χ2v) is 7.62. The second kappa shape index (κ2) is 8.98. The van der Waals surface area contributed by atoms with Crippen molar-refractivity contribution in [3.8, 4) is 0 Å². The molecule has 0 spiro atoms. The smallest absolute Gasteiger partial charge is 0.405 e. The van der Waals surface area contributed by atoms with E-state index in [9.17, 15) is 9.59 Å². The van der Waals surface area contributed by atoms with E-state index >= 15 is 0 Å². The van der Waals surface area contributed by atoms with Gasteiger partial charge in [0.1, 0.15) is 11.6 Å². The van der Waals surface area contributed by atoms with Gasteiger partial charge >= 0.3 is 12.1 Å². The average Bonchev–Trinajstić information content (AvgIpc) is 2.55. The first kappa shape index (κ1) is 20.2. The van der Waals surface area contributed by atoms with Crippen LogP contribution in [0.15, 0.2) is 18.3 Å². The molecule has 0 aliphatic heterocycles. The molecule has 0 aromatic carbocycles. The molecule has 0 saturated carbocycles. The Morgan fingerprint density at radius 3 is 2.88 bits per heavy atom. The summed E-state index contributed by atoms with van der Waals surface area (Å²) in [6.07, 6.45) is 4.85. The van der Waals surface area contributed by atoms with E-state index in [2.05, 4.69) is 21.7 Å². The molecule has 1 aromatic rings. The van der Waals surface area contributed by atoms with Gasteiger partial charge in [-0.05, 0) is 71.0 Å². The molecule has 3 N–H and O–H groups in total. The molecule has 1 aliphatic rings. The zero-order chi connectivity index (χ0) is 19.2. The number of pyridine rings is 1. The minimum atomic E-state index is -1.22. The van der Waals surface area contributed by atoms with Crippen LogP contribution in [0.5, 0.6) is 0 Å². The Balaban J connectivity index is 1.84. The van der Waals surface area contributed by atoms with Crippen molar-refractivity contribution in [3.63, 3.8) is 0 Å². The van der Waals surface area contributed by atoms with E-state index in [4.69, 9.17) is 9.84 Å². The summed E-state index contributed by atoms with van der Waals surface area (Å²) in [7, 11) is 0. The van der Waals surface area contributed by atoms with Crippen molar-refractivity contribution in [1.82, 2.24) is 15.6 Å². The number of aromatic nitrogens is 1. The molecule has 7 nitrogen and oxygen atoms in total. The predicted molar refractivity (Wildman–Crippen MR) is 97.9 cm³/mol. The topological polar surface area (TPSA) is 101 Å². The number of carbonyl (C=O) groups is 2. The van der Waals surface area contributed by atoms with Crippen molar-refractivity contribution in [2.75, 3.05) is 6.54 Å². The molecule has 0 radical (unpaired) electrons. The summed E-state index contributed by atoms with van der Waals surface area (Å²) >= 11 is 0. The van der Waals surface area contributed by atoms with E-state index < -0.39 is 23.7 Å². The molecule has 0 bridgehead atoms. The molecule has 1 aromatic heterocycles. The molecule has 1 amide bonds. The van der Waals surface area contributed by atoms with Gasteiger partial charge in [0.25, 0.3) is 0 Å². The van der Waals surface area contributed by atoms with E-state index in [1.54, 1.807) is 20.8 Å². The highest BCUT2D eigenvalue weighted by molar-refractivity contribution is 5.80. The van der Waals surface area contributed by atoms with Gasteiger partial charge in [-0.1, -0.05) is 6.07 Å². The number of nitrogens with zero attached hydrogens (tertiary/aromatic N) is 1. The Morgan fingerprint density at radius 1 is 1.42 bits per heavy atom. The molecule has 2 unspecified atom stereocenters. The van der Waals surface area contributed by atoms with E-state index in [1.165, 1.54) is 5.56 Å². The summed E-state index contributed by atoms with van der Waals surface area (Å²) in [5.41, 5.74) is 1.74. The summed E-state index contributed by atoms with van der Waals surface area (Å²) < 4.78 is 5.30. The standard InChI is InChI=1S/C19H29N3O4/c1-19(2,3)26-17(23)15(22-18(24)25)10-6-11-20-14-9-4-7-13-8-5-12-21-16(13)14/h5,8,12,14-15,20,22H,4,6-7,9-11H2,1-3H3,(H,24,25). The quantitative estimate of drug-likeness (QED) is 0.509. The van der Waals surface area contributed by atoms with Crippen molar-refractivity contribution in [2.45, 2.75) is 70.6 Å².